The minimum Gasteiger partial charge on any atom is -0.0622 e. The summed E-state index contributed by atoms with van der Waals surface area (Å²) in [5.74, 6) is 2.03. The highest BCUT2D eigenvalue weighted by atomic mass is 14.3. The second-order valence-electron chi connectivity index (χ2n) is 7.77. The Morgan fingerprint density at radius 2 is 1.32 bits per heavy atom. The molecule has 0 bridgehead atoms. The first-order valence-corrected chi connectivity index (χ1v) is 7.67. The number of hydrogen-bond donors (Lipinski definition) is 0. The van der Waals surface area contributed by atoms with Crippen molar-refractivity contribution in [2.45, 2.75) is 73.6 Å². The SMILES string of the molecule is Cc1cc(C(C(C)C)C(C)C)cc(C(C)(C)C)c1C. The lowest BCUT2D eigenvalue weighted by Gasteiger charge is -2.30. The topological polar surface area (TPSA) is 0 Å². The molecular weight excluding hydrogens is 228 g/mol. The van der Waals surface area contributed by atoms with Crippen LogP contribution in [0.5, 0.6) is 0 Å². The molecule has 0 saturated carbocycles. The Morgan fingerprint density at radius 1 is 0.842 bits per heavy atom. The summed E-state index contributed by atoms with van der Waals surface area (Å²) in [4.78, 5) is 0. The summed E-state index contributed by atoms with van der Waals surface area (Å²) in [6, 6.07) is 4.88. The van der Waals surface area contributed by atoms with Gasteiger partial charge in [-0.2, -0.15) is 0 Å². The predicted octanol–water partition coefficient (Wildman–Crippen LogP) is 6.00. The summed E-state index contributed by atoms with van der Waals surface area (Å²) in [5, 5.41) is 0. The van der Waals surface area contributed by atoms with Crippen LogP contribution in [0.2, 0.25) is 0 Å². The molecule has 0 aliphatic rings. The molecule has 0 amide bonds. The van der Waals surface area contributed by atoms with E-state index >= 15 is 0 Å². The van der Waals surface area contributed by atoms with Gasteiger partial charge in [0.2, 0.25) is 0 Å². The molecule has 0 spiro atoms. The molecule has 0 fully saturated rings. The van der Waals surface area contributed by atoms with E-state index in [1.54, 1.807) is 0 Å². The highest BCUT2D eigenvalue weighted by Gasteiger charge is 2.24. The monoisotopic (exact) mass is 260 g/mol. The fourth-order valence-corrected chi connectivity index (χ4v) is 3.40. The molecule has 1 aromatic rings. The van der Waals surface area contributed by atoms with Gasteiger partial charge in [-0.1, -0.05) is 60.6 Å². The van der Waals surface area contributed by atoms with Crippen LogP contribution in [0.3, 0.4) is 0 Å². The molecule has 0 aromatic heterocycles. The molecule has 1 aromatic carbocycles. The lowest BCUT2D eigenvalue weighted by atomic mass is 9.75. The van der Waals surface area contributed by atoms with Crippen LogP contribution in [0, 0.1) is 25.7 Å². The minimum atomic E-state index is 0.226. The Kier molecular flexibility index (Phi) is 4.87. The van der Waals surface area contributed by atoms with Gasteiger partial charge in [-0.05, 0) is 59.3 Å². The third-order valence-electron chi connectivity index (χ3n) is 4.32. The van der Waals surface area contributed by atoms with Gasteiger partial charge >= 0.3 is 0 Å². The summed E-state index contributed by atoms with van der Waals surface area (Å²) in [6.45, 7) is 20.8. The first kappa shape index (κ1) is 16.3. The Hall–Kier alpha value is -0.780. The van der Waals surface area contributed by atoms with Crippen LogP contribution in [0.25, 0.3) is 0 Å². The van der Waals surface area contributed by atoms with Crippen molar-refractivity contribution >= 4 is 0 Å². The van der Waals surface area contributed by atoms with Gasteiger partial charge in [-0.25, -0.2) is 0 Å². The Labute approximate surface area is 120 Å². The maximum atomic E-state index is 2.47. The minimum absolute atomic E-state index is 0.226. The zero-order valence-electron chi connectivity index (χ0n) is 14.4. The van der Waals surface area contributed by atoms with Crippen molar-refractivity contribution in [3.8, 4) is 0 Å². The van der Waals surface area contributed by atoms with Gasteiger partial charge in [0.25, 0.3) is 0 Å². The molecule has 0 heteroatoms. The van der Waals surface area contributed by atoms with Gasteiger partial charge in [0.15, 0.2) is 0 Å². The van der Waals surface area contributed by atoms with E-state index in [2.05, 4.69) is 74.4 Å². The normalized spacial score (nSPS) is 12.8. The molecule has 0 N–H and O–H groups in total. The van der Waals surface area contributed by atoms with E-state index in [1.165, 1.54) is 22.3 Å². The van der Waals surface area contributed by atoms with Gasteiger partial charge in [0.05, 0.1) is 0 Å². The molecule has 0 aliphatic carbocycles. The second kappa shape index (κ2) is 5.69. The summed E-state index contributed by atoms with van der Waals surface area (Å²) in [5.41, 5.74) is 6.16. The zero-order chi connectivity index (χ0) is 15.0. The largest absolute Gasteiger partial charge is 0.0622 e. The van der Waals surface area contributed by atoms with Crippen molar-refractivity contribution in [1.29, 1.82) is 0 Å². The molecule has 19 heavy (non-hydrogen) atoms. The lowest BCUT2D eigenvalue weighted by Crippen LogP contribution is -2.18. The summed E-state index contributed by atoms with van der Waals surface area (Å²) in [7, 11) is 0. The molecule has 0 radical (unpaired) electrons. The summed E-state index contributed by atoms with van der Waals surface area (Å²) in [6.07, 6.45) is 0. The van der Waals surface area contributed by atoms with E-state index in [9.17, 15) is 0 Å². The Balaban J connectivity index is 3.42. The molecule has 0 aliphatic heterocycles. The van der Waals surface area contributed by atoms with Crippen molar-refractivity contribution in [3.05, 3.63) is 34.4 Å². The van der Waals surface area contributed by atoms with Crippen LogP contribution in [-0.4, -0.2) is 0 Å². The third kappa shape index (κ3) is 3.61. The maximum absolute atomic E-state index is 2.47. The van der Waals surface area contributed by atoms with E-state index in [0.717, 1.165) is 0 Å². The van der Waals surface area contributed by atoms with Crippen molar-refractivity contribution in [3.63, 3.8) is 0 Å². The highest BCUT2D eigenvalue weighted by Crippen LogP contribution is 2.36. The molecule has 0 nitrogen and oxygen atoms in total. The van der Waals surface area contributed by atoms with Crippen LogP contribution >= 0.6 is 0 Å². The molecule has 108 valence electrons. The standard InChI is InChI=1S/C19H32/c1-12(2)18(13(3)4)16-10-14(5)15(6)17(11-16)19(7,8)9/h10-13,18H,1-9H3. The predicted molar refractivity (Wildman–Crippen MR) is 87.0 cm³/mol. The summed E-state index contributed by atoms with van der Waals surface area (Å²) < 4.78 is 0. The van der Waals surface area contributed by atoms with E-state index in [1.807, 2.05) is 0 Å². The zero-order valence-corrected chi connectivity index (χ0v) is 14.4. The fraction of sp³-hybridized carbons (Fsp3) is 0.684. The molecule has 1 rings (SSSR count). The third-order valence-corrected chi connectivity index (χ3v) is 4.32. The first-order valence-electron chi connectivity index (χ1n) is 7.67. The number of benzene rings is 1. The average Bonchev–Trinajstić information content (AvgIpc) is 2.20. The van der Waals surface area contributed by atoms with Crippen LogP contribution in [-0.2, 0) is 5.41 Å². The Morgan fingerprint density at radius 3 is 1.68 bits per heavy atom. The van der Waals surface area contributed by atoms with Gasteiger partial charge < -0.3 is 0 Å². The molecule has 0 heterocycles. The fourth-order valence-electron chi connectivity index (χ4n) is 3.40. The van der Waals surface area contributed by atoms with Gasteiger partial charge in [0, 0.05) is 0 Å². The maximum Gasteiger partial charge on any atom is -0.0116 e. The van der Waals surface area contributed by atoms with Crippen LogP contribution in [0.1, 0.15) is 76.6 Å². The van der Waals surface area contributed by atoms with Crippen molar-refractivity contribution in [2.24, 2.45) is 11.8 Å². The quantitative estimate of drug-likeness (QED) is 0.625. The van der Waals surface area contributed by atoms with Crippen molar-refractivity contribution in [1.82, 2.24) is 0 Å². The summed E-state index contributed by atoms with van der Waals surface area (Å²) >= 11 is 0. The molecule has 0 unspecified atom stereocenters. The van der Waals surface area contributed by atoms with Crippen LogP contribution in [0.15, 0.2) is 12.1 Å². The van der Waals surface area contributed by atoms with E-state index in [0.29, 0.717) is 17.8 Å². The van der Waals surface area contributed by atoms with Crippen LogP contribution in [0.4, 0.5) is 0 Å². The van der Waals surface area contributed by atoms with Crippen molar-refractivity contribution < 1.29 is 0 Å². The van der Waals surface area contributed by atoms with E-state index in [4.69, 9.17) is 0 Å². The van der Waals surface area contributed by atoms with E-state index in [-0.39, 0.29) is 5.41 Å². The van der Waals surface area contributed by atoms with E-state index < -0.39 is 0 Å². The van der Waals surface area contributed by atoms with Gasteiger partial charge in [-0.3, -0.25) is 0 Å². The van der Waals surface area contributed by atoms with Crippen molar-refractivity contribution in [2.75, 3.05) is 0 Å². The number of rotatable bonds is 3. The molecule has 0 saturated heterocycles. The first-order chi connectivity index (χ1) is 8.55. The van der Waals surface area contributed by atoms with Gasteiger partial charge in [-0.15, -0.1) is 0 Å². The number of aryl methyl sites for hydroxylation is 1. The highest BCUT2D eigenvalue weighted by molar-refractivity contribution is 5.42. The Bertz CT molecular complexity index is 422. The molecule has 0 atom stereocenters. The number of hydrogen-bond acceptors (Lipinski definition) is 0. The lowest BCUT2D eigenvalue weighted by molar-refractivity contribution is 0.387. The average molecular weight is 260 g/mol. The van der Waals surface area contributed by atoms with Crippen LogP contribution < -0.4 is 0 Å². The smallest absolute Gasteiger partial charge is 0.0116 e. The molecular formula is C19H32. The second-order valence-corrected chi connectivity index (χ2v) is 7.77. The van der Waals surface area contributed by atoms with Gasteiger partial charge in [0.1, 0.15) is 0 Å².